The van der Waals surface area contributed by atoms with Crippen LogP contribution in [0.25, 0.3) is 0 Å². The highest BCUT2D eigenvalue weighted by molar-refractivity contribution is 5.43. The van der Waals surface area contributed by atoms with Crippen LogP contribution in [0.1, 0.15) is 33.6 Å². The second kappa shape index (κ2) is 4.26. The molecule has 1 aromatic rings. The molecule has 0 atom stereocenters. The molecule has 1 rings (SSSR count). The van der Waals surface area contributed by atoms with Crippen LogP contribution in [0.15, 0.2) is 24.5 Å². The molecule has 0 saturated heterocycles. The van der Waals surface area contributed by atoms with Crippen molar-refractivity contribution >= 4 is 5.69 Å². The molecule has 2 nitrogen and oxygen atoms in total. The molecule has 0 radical (unpaired) electrons. The standard InChI is InChI=1S/C11H18N2/c1-4-11(3,5-2)13-10-6-8-12-9-7-10/h6-9H,4-5H2,1-3H3,(H,12,13). The first-order chi connectivity index (χ1) is 6.20. The zero-order valence-electron chi connectivity index (χ0n) is 8.67. The van der Waals surface area contributed by atoms with Crippen molar-refractivity contribution in [3.63, 3.8) is 0 Å². The Hall–Kier alpha value is -1.05. The third kappa shape index (κ3) is 2.72. The molecule has 0 fully saturated rings. The van der Waals surface area contributed by atoms with Gasteiger partial charge in [-0.1, -0.05) is 13.8 Å². The molecule has 0 unspecified atom stereocenters. The summed E-state index contributed by atoms with van der Waals surface area (Å²) in [5.74, 6) is 0. The topological polar surface area (TPSA) is 24.9 Å². The summed E-state index contributed by atoms with van der Waals surface area (Å²) in [5.41, 5.74) is 1.36. The van der Waals surface area contributed by atoms with Gasteiger partial charge in [-0.15, -0.1) is 0 Å². The fourth-order valence-corrected chi connectivity index (χ4v) is 1.21. The van der Waals surface area contributed by atoms with E-state index in [-0.39, 0.29) is 5.54 Å². The van der Waals surface area contributed by atoms with Crippen LogP contribution in [-0.2, 0) is 0 Å². The minimum Gasteiger partial charge on any atom is -0.380 e. The van der Waals surface area contributed by atoms with Crippen LogP contribution < -0.4 is 5.32 Å². The summed E-state index contributed by atoms with van der Waals surface area (Å²) in [4.78, 5) is 3.99. The van der Waals surface area contributed by atoms with Gasteiger partial charge in [0.15, 0.2) is 0 Å². The molecule has 0 bridgehead atoms. The fraction of sp³-hybridized carbons (Fsp3) is 0.545. The molecule has 0 amide bonds. The number of anilines is 1. The number of rotatable bonds is 4. The van der Waals surface area contributed by atoms with Gasteiger partial charge < -0.3 is 5.32 Å². The second-order valence-corrected chi connectivity index (χ2v) is 3.63. The van der Waals surface area contributed by atoms with Gasteiger partial charge in [0, 0.05) is 23.6 Å². The minimum atomic E-state index is 0.210. The van der Waals surface area contributed by atoms with Crippen LogP contribution in [0, 0.1) is 0 Å². The number of pyridine rings is 1. The van der Waals surface area contributed by atoms with Crippen molar-refractivity contribution in [1.29, 1.82) is 0 Å². The molecule has 0 aromatic carbocycles. The van der Waals surface area contributed by atoms with Gasteiger partial charge in [0.25, 0.3) is 0 Å². The molecule has 0 aliphatic rings. The fourth-order valence-electron chi connectivity index (χ4n) is 1.21. The zero-order chi connectivity index (χ0) is 9.73. The highest BCUT2D eigenvalue weighted by Crippen LogP contribution is 2.20. The Labute approximate surface area is 80.4 Å². The van der Waals surface area contributed by atoms with E-state index >= 15 is 0 Å². The van der Waals surface area contributed by atoms with E-state index in [1.54, 1.807) is 0 Å². The first-order valence-corrected chi connectivity index (χ1v) is 4.88. The Morgan fingerprint density at radius 2 is 1.77 bits per heavy atom. The lowest BCUT2D eigenvalue weighted by Gasteiger charge is -2.29. The SMILES string of the molecule is CCC(C)(CC)Nc1ccncc1. The Morgan fingerprint density at radius 3 is 2.23 bits per heavy atom. The van der Waals surface area contributed by atoms with E-state index in [9.17, 15) is 0 Å². The molecule has 1 heterocycles. The Morgan fingerprint density at radius 1 is 1.23 bits per heavy atom. The first-order valence-electron chi connectivity index (χ1n) is 4.88. The summed E-state index contributed by atoms with van der Waals surface area (Å²) in [6, 6.07) is 4.01. The number of hydrogen-bond acceptors (Lipinski definition) is 2. The van der Waals surface area contributed by atoms with Gasteiger partial charge in [0.05, 0.1) is 0 Å². The van der Waals surface area contributed by atoms with E-state index in [2.05, 4.69) is 31.1 Å². The Bertz CT molecular complexity index is 240. The monoisotopic (exact) mass is 178 g/mol. The van der Waals surface area contributed by atoms with Gasteiger partial charge in [-0.2, -0.15) is 0 Å². The normalized spacial score (nSPS) is 11.3. The molecule has 0 spiro atoms. The quantitative estimate of drug-likeness (QED) is 0.766. The molecule has 72 valence electrons. The maximum Gasteiger partial charge on any atom is 0.0375 e. The molecule has 0 saturated carbocycles. The third-order valence-corrected chi connectivity index (χ3v) is 2.69. The molecular weight excluding hydrogens is 160 g/mol. The predicted octanol–water partition coefficient (Wildman–Crippen LogP) is 3.07. The second-order valence-electron chi connectivity index (χ2n) is 3.63. The Kier molecular flexibility index (Phi) is 3.29. The lowest BCUT2D eigenvalue weighted by Crippen LogP contribution is -2.32. The highest BCUT2D eigenvalue weighted by atomic mass is 15.0. The lowest BCUT2D eigenvalue weighted by molar-refractivity contribution is 0.478. The summed E-state index contributed by atoms with van der Waals surface area (Å²) in [5, 5.41) is 3.51. The van der Waals surface area contributed by atoms with Gasteiger partial charge in [0.2, 0.25) is 0 Å². The third-order valence-electron chi connectivity index (χ3n) is 2.69. The van der Waals surface area contributed by atoms with Gasteiger partial charge in [-0.3, -0.25) is 4.98 Å². The molecule has 13 heavy (non-hydrogen) atoms. The van der Waals surface area contributed by atoms with Crippen LogP contribution in [0.4, 0.5) is 5.69 Å². The maximum atomic E-state index is 3.99. The largest absolute Gasteiger partial charge is 0.380 e. The van der Waals surface area contributed by atoms with E-state index in [0.29, 0.717) is 0 Å². The van der Waals surface area contributed by atoms with Crippen molar-refractivity contribution in [2.75, 3.05) is 5.32 Å². The van der Waals surface area contributed by atoms with Crippen molar-refractivity contribution in [3.8, 4) is 0 Å². The molecule has 0 aliphatic heterocycles. The van der Waals surface area contributed by atoms with Crippen LogP contribution in [-0.4, -0.2) is 10.5 Å². The van der Waals surface area contributed by atoms with Gasteiger partial charge in [-0.25, -0.2) is 0 Å². The summed E-state index contributed by atoms with van der Waals surface area (Å²) in [6.07, 6.45) is 5.89. The smallest absolute Gasteiger partial charge is 0.0375 e. The summed E-state index contributed by atoms with van der Waals surface area (Å²) < 4.78 is 0. The average molecular weight is 178 g/mol. The van der Waals surface area contributed by atoms with E-state index in [0.717, 1.165) is 18.5 Å². The number of aromatic nitrogens is 1. The zero-order valence-corrected chi connectivity index (χ0v) is 8.67. The van der Waals surface area contributed by atoms with E-state index < -0.39 is 0 Å². The van der Waals surface area contributed by atoms with Gasteiger partial charge >= 0.3 is 0 Å². The van der Waals surface area contributed by atoms with Crippen LogP contribution in [0.5, 0.6) is 0 Å². The number of hydrogen-bond donors (Lipinski definition) is 1. The van der Waals surface area contributed by atoms with Gasteiger partial charge in [0.1, 0.15) is 0 Å². The first kappa shape index (κ1) is 10.0. The van der Waals surface area contributed by atoms with E-state index in [4.69, 9.17) is 0 Å². The number of nitrogens with zero attached hydrogens (tertiary/aromatic N) is 1. The molecule has 2 heteroatoms. The van der Waals surface area contributed by atoms with Crippen LogP contribution >= 0.6 is 0 Å². The lowest BCUT2D eigenvalue weighted by atomic mass is 9.95. The van der Waals surface area contributed by atoms with E-state index in [1.807, 2.05) is 24.5 Å². The van der Waals surface area contributed by atoms with Crippen molar-refractivity contribution in [3.05, 3.63) is 24.5 Å². The van der Waals surface area contributed by atoms with Crippen molar-refractivity contribution in [1.82, 2.24) is 4.98 Å². The predicted molar refractivity (Wildman–Crippen MR) is 56.8 cm³/mol. The summed E-state index contributed by atoms with van der Waals surface area (Å²) in [7, 11) is 0. The molecule has 1 aromatic heterocycles. The van der Waals surface area contributed by atoms with E-state index in [1.165, 1.54) is 0 Å². The molecular formula is C11H18N2. The Balaban J connectivity index is 2.68. The molecule has 0 aliphatic carbocycles. The van der Waals surface area contributed by atoms with Crippen LogP contribution in [0.3, 0.4) is 0 Å². The van der Waals surface area contributed by atoms with Crippen LogP contribution in [0.2, 0.25) is 0 Å². The average Bonchev–Trinajstić information content (AvgIpc) is 2.19. The van der Waals surface area contributed by atoms with Crippen molar-refractivity contribution in [2.24, 2.45) is 0 Å². The molecule has 1 N–H and O–H groups in total. The minimum absolute atomic E-state index is 0.210. The highest BCUT2D eigenvalue weighted by Gasteiger charge is 2.18. The van der Waals surface area contributed by atoms with Gasteiger partial charge in [-0.05, 0) is 31.9 Å². The number of nitrogens with one attached hydrogen (secondary N) is 1. The summed E-state index contributed by atoms with van der Waals surface area (Å²) >= 11 is 0. The summed E-state index contributed by atoms with van der Waals surface area (Å²) in [6.45, 7) is 6.66. The maximum absolute atomic E-state index is 3.99. The van der Waals surface area contributed by atoms with Crippen molar-refractivity contribution in [2.45, 2.75) is 39.2 Å². The van der Waals surface area contributed by atoms with Crippen molar-refractivity contribution < 1.29 is 0 Å².